The van der Waals surface area contributed by atoms with Gasteiger partial charge in [0.25, 0.3) is 0 Å². The molecule has 3 N–H and O–H groups in total. The maximum atomic E-state index is 12.0. The number of aliphatic hydroxyl groups is 1. The average Bonchev–Trinajstić information content (AvgIpc) is 2.07. The topological polar surface area (TPSA) is 55.5 Å². The van der Waals surface area contributed by atoms with Crippen LogP contribution in [0.15, 0.2) is 16.6 Å². The molecule has 0 aromatic heterocycles. The highest BCUT2D eigenvalue weighted by atomic mass is 79.9. The number of anilines is 1. The SMILES string of the molecule is Nc1cc(Br)c(OC(F)(F)F)c(CO)c1. The molecule has 0 saturated heterocycles. The Labute approximate surface area is 91.8 Å². The highest BCUT2D eigenvalue weighted by Gasteiger charge is 2.33. The van der Waals surface area contributed by atoms with Crippen molar-refractivity contribution < 1.29 is 23.0 Å². The Hall–Kier alpha value is -0.950. The number of nitrogen functional groups attached to an aromatic ring is 1. The van der Waals surface area contributed by atoms with Crippen molar-refractivity contribution in [3.63, 3.8) is 0 Å². The molecule has 84 valence electrons. The molecule has 0 aliphatic rings. The van der Waals surface area contributed by atoms with Gasteiger partial charge in [-0.05, 0) is 28.1 Å². The van der Waals surface area contributed by atoms with Crippen LogP contribution in [0.1, 0.15) is 5.56 Å². The average molecular weight is 286 g/mol. The van der Waals surface area contributed by atoms with Gasteiger partial charge in [0.05, 0.1) is 11.1 Å². The van der Waals surface area contributed by atoms with E-state index in [4.69, 9.17) is 10.8 Å². The molecule has 0 radical (unpaired) electrons. The number of alkyl halides is 3. The standard InChI is InChI=1S/C8H7BrF3NO2/c9-6-2-5(13)1-4(3-14)7(6)15-8(10,11)12/h1-2,14H,3,13H2. The van der Waals surface area contributed by atoms with Gasteiger partial charge in [0.1, 0.15) is 5.75 Å². The number of hydrogen-bond acceptors (Lipinski definition) is 3. The Morgan fingerprint density at radius 2 is 2.00 bits per heavy atom. The molecule has 0 spiro atoms. The van der Waals surface area contributed by atoms with Crippen molar-refractivity contribution in [1.82, 2.24) is 0 Å². The van der Waals surface area contributed by atoms with Crippen molar-refractivity contribution in [1.29, 1.82) is 0 Å². The van der Waals surface area contributed by atoms with E-state index in [2.05, 4.69) is 20.7 Å². The van der Waals surface area contributed by atoms with Crippen LogP contribution in [0.2, 0.25) is 0 Å². The number of benzene rings is 1. The van der Waals surface area contributed by atoms with Crippen LogP contribution >= 0.6 is 15.9 Å². The maximum Gasteiger partial charge on any atom is 0.573 e. The van der Waals surface area contributed by atoms with E-state index in [0.29, 0.717) is 0 Å². The third-order valence-corrected chi connectivity index (χ3v) is 2.12. The summed E-state index contributed by atoms with van der Waals surface area (Å²) in [5.74, 6) is -0.473. The Morgan fingerprint density at radius 1 is 1.40 bits per heavy atom. The summed E-state index contributed by atoms with van der Waals surface area (Å²) in [6, 6.07) is 2.48. The molecule has 0 atom stereocenters. The predicted octanol–water partition coefficient (Wildman–Crippen LogP) is 2.42. The molecule has 0 saturated carbocycles. The van der Waals surface area contributed by atoms with Crippen molar-refractivity contribution in [2.45, 2.75) is 13.0 Å². The summed E-state index contributed by atoms with van der Waals surface area (Å²) in [5, 5.41) is 8.84. The monoisotopic (exact) mass is 285 g/mol. The number of aliphatic hydroxyl groups excluding tert-OH is 1. The Morgan fingerprint density at radius 3 is 2.47 bits per heavy atom. The van der Waals surface area contributed by atoms with Crippen LogP contribution in [-0.4, -0.2) is 11.5 Å². The quantitative estimate of drug-likeness (QED) is 0.821. The van der Waals surface area contributed by atoms with Crippen LogP contribution in [0, 0.1) is 0 Å². The number of nitrogens with two attached hydrogens (primary N) is 1. The summed E-state index contributed by atoms with van der Waals surface area (Å²) < 4.78 is 39.7. The molecular weight excluding hydrogens is 279 g/mol. The lowest BCUT2D eigenvalue weighted by atomic mass is 10.2. The normalized spacial score (nSPS) is 11.5. The first kappa shape index (κ1) is 12.1. The van der Waals surface area contributed by atoms with E-state index < -0.39 is 18.7 Å². The van der Waals surface area contributed by atoms with Crippen LogP contribution in [0.25, 0.3) is 0 Å². The molecule has 0 aliphatic carbocycles. The lowest BCUT2D eigenvalue weighted by Crippen LogP contribution is -2.18. The molecule has 3 nitrogen and oxygen atoms in total. The Kier molecular flexibility index (Phi) is 3.46. The van der Waals surface area contributed by atoms with Gasteiger partial charge in [0.15, 0.2) is 0 Å². The number of halogens is 4. The van der Waals surface area contributed by atoms with Gasteiger partial charge >= 0.3 is 6.36 Å². The number of rotatable bonds is 2. The van der Waals surface area contributed by atoms with E-state index in [-0.39, 0.29) is 15.7 Å². The fourth-order valence-corrected chi connectivity index (χ4v) is 1.62. The molecule has 15 heavy (non-hydrogen) atoms. The van der Waals surface area contributed by atoms with Gasteiger partial charge in [-0.15, -0.1) is 13.2 Å². The lowest BCUT2D eigenvalue weighted by Gasteiger charge is -2.14. The van der Waals surface area contributed by atoms with Crippen LogP contribution in [0.5, 0.6) is 5.75 Å². The van der Waals surface area contributed by atoms with E-state index >= 15 is 0 Å². The highest BCUT2D eigenvalue weighted by Crippen LogP contribution is 2.35. The molecule has 1 rings (SSSR count). The zero-order chi connectivity index (χ0) is 11.6. The molecule has 0 unspecified atom stereocenters. The fourth-order valence-electron chi connectivity index (χ4n) is 1.02. The van der Waals surface area contributed by atoms with Crippen LogP contribution in [0.3, 0.4) is 0 Å². The van der Waals surface area contributed by atoms with Gasteiger partial charge < -0.3 is 15.6 Å². The van der Waals surface area contributed by atoms with Gasteiger partial charge in [-0.1, -0.05) is 0 Å². The summed E-state index contributed by atoms with van der Waals surface area (Å²) in [6.07, 6.45) is -4.80. The second-order valence-electron chi connectivity index (χ2n) is 2.70. The minimum Gasteiger partial charge on any atom is -0.404 e. The van der Waals surface area contributed by atoms with E-state index in [1.54, 1.807) is 0 Å². The number of ether oxygens (including phenoxy) is 1. The molecule has 0 heterocycles. The molecule has 0 amide bonds. The molecular formula is C8H7BrF3NO2. The highest BCUT2D eigenvalue weighted by molar-refractivity contribution is 9.10. The molecule has 0 bridgehead atoms. The van der Waals surface area contributed by atoms with E-state index in [1.165, 1.54) is 12.1 Å². The first-order valence-corrected chi connectivity index (χ1v) is 4.57. The van der Waals surface area contributed by atoms with E-state index in [0.717, 1.165) is 0 Å². The zero-order valence-electron chi connectivity index (χ0n) is 7.31. The van der Waals surface area contributed by atoms with E-state index in [1.807, 2.05) is 0 Å². The van der Waals surface area contributed by atoms with Gasteiger partial charge in [0.2, 0.25) is 0 Å². The Balaban J connectivity index is 3.15. The van der Waals surface area contributed by atoms with Crippen molar-refractivity contribution in [2.24, 2.45) is 0 Å². The van der Waals surface area contributed by atoms with Crippen LogP contribution < -0.4 is 10.5 Å². The predicted molar refractivity (Wildman–Crippen MR) is 51.2 cm³/mol. The first-order chi connectivity index (χ1) is 6.83. The summed E-state index contributed by atoms with van der Waals surface area (Å²) in [7, 11) is 0. The van der Waals surface area contributed by atoms with Gasteiger partial charge in [-0.3, -0.25) is 0 Å². The Bertz CT molecular complexity index is 368. The first-order valence-electron chi connectivity index (χ1n) is 3.78. The second-order valence-corrected chi connectivity index (χ2v) is 3.55. The summed E-state index contributed by atoms with van der Waals surface area (Å²) in [6.45, 7) is -0.588. The van der Waals surface area contributed by atoms with Crippen LogP contribution in [-0.2, 0) is 6.61 Å². The molecule has 1 aromatic rings. The van der Waals surface area contributed by atoms with Crippen molar-refractivity contribution in [2.75, 3.05) is 5.73 Å². The lowest BCUT2D eigenvalue weighted by molar-refractivity contribution is -0.275. The maximum absolute atomic E-state index is 12.0. The van der Waals surface area contributed by atoms with Crippen molar-refractivity contribution in [3.05, 3.63) is 22.2 Å². The smallest absolute Gasteiger partial charge is 0.404 e. The zero-order valence-corrected chi connectivity index (χ0v) is 8.89. The second kappa shape index (κ2) is 4.28. The van der Waals surface area contributed by atoms with Gasteiger partial charge in [-0.25, -0.2) is 0 Å². The minimum atomic E-state index is -4.80. The minimum absolute atomic E-state index is 0.0285. The number of hydrogen-bond donors (Lipinski definition) is 2. The fraction of sp³-hybridized carbons (Fsp3) is 0.250. The third-order valence-electron chi connectivity index (χ3n) is 1.53. The van der Waals surface area contributed by atoms with Crippen molar-refractivity contribution in [3.8, 4) is 5.75 Å². The molecule has 7 heteroatoms. The van der Waals surface area contributed by atoms with E-state index in [9.17, 15) is 13.2 Å². The van der Waals surface area contributed by atoms with Gasteiger partial charge in [-0.2, -0.15) is 0 Å². The third kappa shape index (κ3) is 3.28. The molecule has 0 aliphatic heterocycles. The molecule has 1 aromatic carbocycles. The largest absolute Gasteiger partial charge is 0.573 e. The van der Waals surface area contributed by atoms with Gasteiger partial charge in [0, 0.05) is 11.3 Å². The van der Waals surface area contributed by atoms with Crippen molar-refractivity contribution >= 4 is 21.6 Å². The summed E-state index contributed by atoms with van der Waals surface area (Å²) in [5.41, 5.74) is 5.60. The molecule has 0 fully saturated rings. The summed E-state index contributed by atoms with van der Waals surface area (Å²) >= 11 is 2.88. The summed E-state index contributed by atoms with van der Waals surface area (Å²) in [4.78, 5) is 0. The van der Waals surface area contributed by atoms with Crippen LogP contribution in [0.4, 0.5) is 18.9 Å².